The lowest BCUT2D eigenvalue weighted by Gasteiger charge is -2.25. The van der Waals surface area contributed by atoms with E-state index >= 15 is 0 Å². The summed E-state index contributed by atoms with van der Waals surface area (Å²) in [7, 11) is 1.34. The molecule has 0 aromatic heterocycles. The Bertz CT molecular complexity index is 681. The molecule has 4 nitrogen and oxygen atoms in total. The van der Waals surface area contributed by atoms with Gasteiger partial charge in [0.2, 0.25) is 0 Å². The SMILES string of the molecule is COC(=O)[C@@H](c1ccccc1)N1Cc2ccccc2C1=O. The maximum absolute atomic E-state index is 12.6. The molecule has 2 aromatic rings. The van der Waals surface area contributed by atoms with Gasteiger partial charge in [0.15, 0.2) is 6.04 Å². The van der Waals surface area contributed by atoms with Gasteiger partial charge in [0.25, 0.3) is 5.91 Å². The first-order chi connectivity index (χ1) is 10.2. The molecule has 0 bridgehead atoms. The molecular formula is C17H15NO3. The monoisotopic (exact) mass is 281 g/mol. The van der Waals surface area contributed by atoms with Crippen molar-refractivity contribution in [2.45, 2.75) is 12.6 Å². The van der Waals surface area contributed by atoms with E-state index in [0.717, 1.165) is 11.1 Å². The highest BCUT2D eigenvalue weighted by molar-refractivity contribution is 6.00. The van der Waals surface area contributed by atoms with Gasteiger partial charge in [-0.25, -0.2) is 4.79 Å². The Kier molecular flexibility index (Phi) is 3.44. The van der Waals surface area contributed by atoms with E-state index in [0.29, 0.717) is 12.1 Å². The van der Waals surface area contributed by atoms with Gasteiger partial charge in [-0.05, 0) is 17.2 Å². The number of methoxy groups -OCH3 is 1. The van der Waals surface area contributed by atoms with Gasteiger partial charge in [-0.15, -0.1) is 0 Å². The van der Waals surface area contributed by atoms with Crippen LogP contribution < -0.4 is 0 Å². The molecule has 1 aliphatic rings. The quantitative estimate of drug-likeness (QED) is 0.812. The Morgan fingerprint density at radius 1 is 1.10 bits per heavy atom. The lowest BCUT2D eigenvalue weighted by Crippen LogP contribution is -2.35. The third kappa shape index (κ3) is 2.29. The number of nitrogens with zero attached hydrogens (tertiary/aromatic N) is 1. The summed E-state index contributed by atoms with van der Waals surface area (Å²) in [4.78, 5) is 26.3. The van der Waals surface area contributed by atoms with E-state index in [1.165, 1.54) is 7.11 Å². The number of hydrogen-bond acceptors (Lipinski definition) is 3. The first kappa shape index (κ1) is 13.4. The number of carbonyl (C=O) groups excluding carboxylic acids is 2. The van der Waals surface area contributed by atoms with Crippen LogP contribution in [-0.4, -0.2) is 23.9 Å². The Morgan fingerprint density at radius 2 is 1.76 bits per heavy atom. The number of ether oxygens (including phenoxy) is 1. The molecule has 0 N–H and O–H groups in total. The van der Waals surface area contributed by atoms with Crippen LogP contribution in [-0.2, 0) is 16.1 Å². The minimum atomic E-state index is -0.712. The molecule has 0 saturated carbocycles. The lowest BCUT2D eigenvalue weighted by atomic mass is 10.1. The minimum Gasteiger partial charge on any atom is -0.467 e. The highest BCUT2D eigenvalue weighted by Gasteiger charge is 2.37. The molecule has 1 amide bonds. The van der Waals surface area contributed by atoms with Crippen LogP contribution in [0.4, 0.5) is 0 Å². The van der Waals surface area contributed by atoms with Crippen LogP contribution in [0.2, 0.25) is 0 Å². The van der Waals surface area contributed by atoms with Gasteiger partial charge in [-0.3, -0.25) is 4.79 Å². The standard InChI is InChI=1S/C17H15NO3/c1-21-17(20)15(12-7-3-2-4-8-12)18-11-13-9-5-6-10-14(13)16(18)19/h2-10,15H,11H2,1H3/t15-/m1/s1. The molecule has 0 unspecified atom stereocenters. The summed E-state index contributed by atoms with van der Waals surface area (Å²) < 4.78 is 4.89. The van der Waals surface area contributed by atoms with Gasteiger partial charge in [0.1, 0.15) is 0 Å². The number of benzene rings is 2. The van der Waals surface area contributed by atoms with E-state index in [1.807, 2.05) is 48.5 Å². The van der Waals surface area contributed by atoms with Crippen LogP contribution in [0.15, 0.2) is 54.6 Å². The summed E-state index contributed by atoms with van der Waals surface area (Å²) in [5.74, 6) is -0.563. The maximum atomic E-state index is 12.6. The number of esters is 1. The lowest BCUT2D eigenvalue weighted by molar-refractivity contribution is -0.146. The van der Waals surface area contributed by atoms with Crippen LogP contribution in [0.1, 0.15) is 27.5 Å². The zero-order valence-electron chi connectivity index (χ0n) is 11.7. The van der Waals surface area contributed by atoms with Crippen molar-refractivity contribution in [2.75, 3.05) is 7.11 Å². The molecule has 0 aliphatic carbocycles. The van der Waals surface area contributed by atoms with Crippen molar-refractivity contribution in [3.05, 3.63) is 71.3 Å². The van der Waals surface area contributed by atoms with E-state index in [1.54, 1.807) is 11.0 Å². The van der Waals surface area contributed by atoms with E-state index < -0.39 is 12.0 Å². The molecule has 1 atom stereocenters. The molecule has 3 rings (SSSR count). The third-order valence-electron chi connectivity index (χ3n) is 3.70. The Hall–Kier alpha value is -2.62. The van der Waals surface area contributed by atoms with E-state index in [-0.39, 0.29) is 5.91 Å². The van der Waals surface area contributed by atoms with Crippen molar-refractivity contribution < 1.29 is 14.3 Å². The highest BCUT2D eigenvalue weighted by atomic mass is 16.5. The highest BCUT2D eigenvalue weighted by Crippen LogP contribution is 2.31. The van der Waals surface area contributed by atoms with Gasteiger partial charge in [-0.1, -0.05) is 48.5 Å². The van der Waals surface area contributed by atoms with Gasteiger partial charge in [0, 0.05) is 12.1 Å². The van der Waals surface area contributed by atoms with Crippen LogP contribution in [0.25, 0.3) is 0 Å². The topological polar surface area (TPSA) is 46.6 Å². The molecule has 1 aliphatic heterocycles. The van der Waals surface area contributed by atoms with Crippen LogP contribution in [0.3, 0.4) is 0 Å². The normalized spacial score (nSPS) is 14.7. The fourth-order valence-electron chi connectivity index (χ4n) is 2.68. The number of hydrogen-bond donors (Lipinski definition) is 0. The summed E-state index contributed by atoms with van der Waals surface area (Å²) in [5.41, 5.74) is 2.35. The molecule has 0 fully saturated rings. The van der Waals surface area contributed by atoms with E-state index in [2.05, 4.69) is 0 Å². The smallest absolute Gasteiger partial charge is 0.333 e. The molecule has 4 heteroatoms. The average Bonchev–Trinajstić information content (AvgIpc) is 2.86. The average molecular weight is 281 g/mol. The Labute approximate surface area is 123 Å². The zero-order valence-corrected chi connectivity index (χ0v) is 11.7. The summed E-state index contributed by atoms with van der Waals surface area (Å²) in [6.45, 7) is 0.420. The molecule has 21 heavy (non-hydrogen) atoms. The van der Waals surface area contributed by atoms with Gasteiger partial charge in [-0.2, -0.15) is 0 Å². The molecule has 0 spiro atoms. The summed E-state index contributed by atoms with van der Waals surface area (Å²) >= 11 is 0. The number of amides is 1. The molecule has 106 valence electrons. The minimum absolute atomic E-state index is 0.134. The first-order valence-electron chi connectivity index (χ1n) is 6.74. The second-order valence-corrected chi connectivity index (χ2v) is 4.93. The molecule has 1 heterocycles. The summed E-state index contributed by atoms with van der Waals surface area (Å²) in [5, 5.41) is 0. The number of carbonyl (C=O) groups is 2. The second-order valence-electron chi connectivity index (χ2n) is 4.93. The summed E-state index contributed by atoms with van der Waals surface area (Å²) in [6.07, 6.45) is 0. The second kappa shape index (κ2) is 5.40. The van der Waals surface area contributed by atoms with Crippen molar-refractivity contribution in [1.82, 2.24) is 4.90 Å². The van der Waals surface area contributed by atoms with Crippen molar-refractivity contribution in [3.8, 4) is 0 Å². The van der Waals surface area contributed by atoms with Gasteiger partial charge in [0.05, 0.1) is 7.11 Å². The predicted molar refractivity (Wildman–Crippen MR) is 77.5 cm³/mol. The fourth-order valence-corrected chi connectivity index (χ4v) is 2.68. The van der Waals surface area contributed by atoms with Gasteiger partial charge < -0.3 is 9.64 Å². The molecule has 2 aromatic carbocycles. The van der Waals surface area contributed by atoms with Crippen LogP contribution in [0.5, 0.6) is 0 Å². The van der Waals surface area contributed by atoms with E-state index in [9.17, 15) is 9.59 Å². The molecule has 0 saturated heterocycles. The first-order valence-corrected chi connectivity index (χ1v) is 6.74. The van der Waals surface area contributed by atoms with Crippen LogP contribution in [0, 0.1) is 0 Å². The van der Waals surface area contributed by atoms with E-state index in [4.69, 9.17) is 4.74 Å². The van der Waals surface area contributed by atoms with Crippen molar-refractivity contribution in [3.63, 3.8) is 0 Å². The molecular weight excluding hydrogens is 266 g/mol. The summed E-state index contributed by atoms with van der Waals surface area (Å²) in [6, 6.07) is 15.9. The van der Waals surface area contributed by atoms with Crippen molar-refractivity contribution in [1.29, 1.82) is 0 Å². The fraction of sp³-hybridized carbons (Fsp3) is 0.176. The maximum Gasteiger partial charge on any atom is 0.333 e. The molecule has 0 radical (unpaired) electrons. The van der Waals surface area contributed by atoms with Crippen molar-refractivity contribution in [2.24, 2.45) is 0 Å². The Morgan fingerprint density at radius 3 is 2.43 bits per heavy atom. The van der Waals surface area contributed by atoms with Crippen LogP contribution >= 0.6 is 0 Å². The van der Waals surface area contributed by atoms with Crippen molar-refractivity contribution >= 4 is 11.9 Å². The number of rotatable bonds is 3. The van der Waals surface area contributed by atoms with Gasteiger partial charge >= 0.3 is 5.97 Å². The predicted octanol–water partition coefficient (Wildman–Crippen LogP) is 2.56. The third-order valence-corrected chi connectivity index (χ3v) is 3.70. The largest absolute Gasteiger partial charge is 0.467 e. The number of fused-ring (bicyclic) bond motifs is 1. The Balaban J connectivity index is 2.00. The zero-order chi connectivity index (χ0) is 14.8.